The average molecular weight is 2010 g/mol. The minimum atomic E-state index is -0.907. The molecule has 0 bridgehead atoms. The summed E-state index contributed by atoms with van der Waals surface area (Å²) in [5.41, 5.74) is 16.6. The third kappa shape index (κ3) is 31.1. The first-order valence-electron chi connectivity index (χ1n) is 35.9. The van der Waals surface area contributed by atoms with Crippen molar-refractivity contribution in [2.24, 2.45) is 0 Å². The number of carbonyl (C=O) groups is 6. The molecule has 117 heavy (non-hydrogen) atoms. The summed E-state index contributed by atoms with van der Waals surface area (Å²) < 4.78 is 24.5. The van der Waals surface area contributed by atoms with E-state index in [0.29, 0.717) is 27.8 Å². The molecule has 0 aliphatic carbocycles. The molecule has 20 nitrogen and oxygen atoms in total. The predicted octanol–water partition coefficient (Wildman–Crippen LogP) is 22.0. The molecular formula is C85H104BBr5LiN5O15S5. The first-order valence-corrected chi connectivity index (χ1v) is 46.3. The SMILES string of the molecule is BrBr.CC(=O)O.CC(C)(C)c1csc(Br)n1.COC(=O)c1ccc(-c2nc(C(C)(C)C)cs2)c(C)c1.COC(=O)c1ccc(B2OC(C)(C)C(C)(C)O2)c(C)c1.Cc1cc(C(=O)O)ccc1-c1nc(C(C)(C)C)c(Br)s1.Cc1cc(C(=O)O)ccc1-c1nc(C(C)(C)C)c(Br)s1.Cc1cc(C(=O)O)ccc1-c1nc(C(C)(C)C)cs1.[Li+].[OH-]. The average Bonchev–Trinajstić information content (AvgIpc) is 1.61. The molecule has 0 amide bonds. The molecular weight excluding hydrogens is 1910 g/mol. The van der Waals surface area contributed by atoms with Crippen LogP contribution in [0.15, 0.2) is 119 Å². The molecule has 11 rings (SSSR count). The van der Waals surface area contributed by atoms with E-state index in [2.05, 4.69) is 206 Å². The van der Waals surface area contributed by atoms with Crippen molar-refractivity contribution in [1.29, 1.82) is 0 Å². The number of hydrogen-bond acceptors (Lipinski definition) is 21. The minimum absolute atomic E-state index is 0. The molecule has 10 aromatic rings. The van der Waals surface area contributed by atoms with Crippen LogP contribution in [0, 0.1) is 34.6 Å². The van der Waals surface area contributed by atoms with Crippen molar-refractivity contribution in [1.82, 2.24) is 24.9 Å². The van der Waals surface area contributed by atoms with E-state index in [0.717, 1.165) is 122 Å². The molecule has 0 radical (unpaired) electrons. The maximum atomic E-state index is 11.5. The van der Waals surface area contributed by atoms with Crippen molar-refractivity contribution in [2.45, 2.75) is 211 Å². The number of carboxylic acids is 4. The van der Waals surface area contributed by atoms with Gasteiger partial charge < -0.3 is 44.7 Å². The number of carboxylic acid groups (broad SMARTS) is 4. The Balaban J connectivity index is 0.000000472. The van der Waals surface area contributed by atoms with Gasteiger partial charge in [0.25, 0.3) is 5.97 Å². The fourth-order valence-corrected chi connectivity index (χ4v) is 18.2. The van der Waals surface area contributed by atoms with Gasteiger partial charge in [0, 0.05) is 101 Å². The van der Waals surface area contributed by atoms with Gasteiger partial charge in [0.2, 0.25) is 0 Å². The number of esters is 2. The van der Waals surface area contributed by atoms with E-state index in [4.69, 9.17) is 59.0 Å². The van der Waals surface area contributed by atoms with Crippen molar-refractivity contribution in [3.63, 3.8) is 0 Å². The van der Waals surface area contributed by atoms with Crippen LogP contribution in [-0.4, -0.2) is 119 Å². The summed E-state index contributed by atoms with van der Waals surface area (Å²) in [5, 5.41) is 44.4. The zero-order chi connectivity index (χ0) is 87.8. The van der Waals surface area contributed by atoms with E-state index in [-0.39, 0.29) is 74.6 Å². The number of aliphatic carboxylic acids is 1. The molecule has 1 aliphatic heterocycles. The van der Waals surface area contributed by atoms with Gasteiger partial charge in [0.05, 0.1) is 89.3 Å². The number of hydrogen-bond donors (Lipinski definition) is 4. The van der Waals surface area contributed by atoms with Crippen LogP contribution in [0.25, 0.3) is 42.3 Å². The Bertz CT molecular complexity index is 4920. The van der Waals surface area contributed by atoms with Gasteiger partial charge in [-0.15, -0.1) is 56.7 Å². The zero-order valence-corrected chi connectivity index (χ0v) is 83.5. The molecule has 0 spiro atoms. The zero-order valence-electron chi connectivity index (χ0n) is 71.5. The van der Waals surface area contributed by atoms with Crippen LogP contribution < -0.4 is 24.3 Å². The molecule has 5 aromatic heterocycles. The standard InChI is InChI=1S/C16H19NO2S.C15H21BO4.2C15H16BrNO2S.C15H17NO2S.C7H10BrNS.C2H4O2.Br2.Li.H2O/c1-10-8-11(15(18)19-5)6-7-12(10)14-17-13(9-20-14)16(2,3)4;1-10-9-11(13(17)18-6)7-8-12(10)16-19-14(2,3)15(4,5)20-16;2*1-8-7-9(14(18)19)5-6-10(8)13-17-11(12(16)20-13)15(2,3)4;1-9-7-10(14(17)18)5-6-11(9)13-16-12(8-19-13)15(2,3)4;1-7(2,3)5-4-10-6(8)9-5;1-2(3)4;1-2;;/h6-9H,1-5H3;7-9H,1-6H3;2*5-7H,1-4H3,(H,18,19);5-8H,1-4H3,(H,17,18);4H,1-3H3;1H3,(H,3,4);;;1H2/q;;;;;;;;+1;/p-1. The number of aryl methyl sites for hydroxylation is 5. The number of halogens is 5. The molecule has 0 atom stereocenters. The van der Waals surface area contributed by atoms with Crippen LogP contribution in [0.3, 0.4) is 0 Å². The first kappa shape index (κ1) is 107. The smallest absolute Gasteiger partial charge is 0.870 e. The number of methoxy groups -OCH3 is 2. The normalized spacial score (nSPS) is 12.5. The third-order valence-corrected chi connectivity index (χ3v) is 24.2. The maximum absolute atomic E-state index is 11.5. The van der Waals surface area contributed by atoms with E-state index < -0.39 is 31.0 Å². The molecule has 5 N–H and O–H groups in total. The minimum Gasteiger partial charge on any atom is -0.870 e. The Morgan fingerprint density at radius 1 is 0.410 bits per heavy atom. The molecule has 32 heteroatoms. The fourth-order valence-electron chi connectivity index (χ4n) is 10.3. The molecule has 628 valence electrons. The Labute approximate surface area is 761 Å². The Kier molecular flexibility index (Phi) is 41.4. The molecule has 5 aromatic carbocycles. The molecule has 1 saturated heterocycles. The first-order chi connectivity index (χ1) is 52.9. The van der Waals surface area contributed by atoms with E-state index in [1.165, 1.54) is 14.2 Å². The Morgan fingerprint density at radius 2 is 0.675 bits per heavy atom. The molecule has 0 saturated carbocycles. The summed E-state index contributed by atoms with van der Waals surface area (Å²) in [7, 11) is 2.36. The third-order valence-electron chi connectivity index (χ3n) is 17.6. The predicted molar refractivity (Wildman–Crippen MR) is 491 cm³/mol. The van der Waals surface area contributed by atoms with Crippen molar-refractivity contribution in [3.8, 4) is 42.3 Å². The Hall–Kier alpha value is -5.99. The van der Waals surface area contributed by atoms with Gasteiger partial charge in [-0.3, -0.25) is 4.79 Å². The van der Waals surface area contributed by atoms with Crippen LogP contribution in [0.5, 0.6) is 0 Å². The number of benzene rings is 5. The van der Waals surface area contributed by atoms with Gasteiger partial charge >= 0.3 is 55.8 Å². The van der Waals surface area contributed by atoms with Crippen LogP contribution in [-0.2, 0) is 50.7 Å². The monoisotopic (exact) mass is 2010 g/mol. The molecule has 6 heterocycles. The van der Waals surface area contributed by atoms with Crippen LogP contribution in [0.1, 0.15) is 247 Å². The van der Waals surface area contributed by atoms with Crippen molar-refractivity contribution < 1.29 is 92.3 Å². The summed E-state index contributed by atoms with van der Waals surface area (Å²) in [6, 6.07) is 26.4. The van der Waals surface area contributed by atoms with E-state index in [1.54, 1.807) is 111 Å². The van der Waals surface area contributed by atoms with E-state index >= 15 is 0 Å². The second kappa shape index (κ2) is 45.2. The summed E-state index contributed by atoms with van der Waals surface area (Å²) >= 11 is 24.0. The van der Waals surface area contributed by atoms with Crippen LogP contribution >= 0.6 is 133 Å². The summed E-state index contributed by atoms with van der Waals surface area (Å²) in [5.74, 6) is -4.20. The van der Waals surface area contributed by atoms with Crippen molar-refractivity contribution in [2.75, 3.05) is 14.2 Å². The van der Waals surface area contributed by atoms with Gasteiger partial charge in [-0.2, -0.15) is 0 Å². The quantitative estimate of drug-likeness (QED) is 0.0730. The van der Waals surface area contributed by atoms with Crippen molar-refractivity contribution >= 4 is 181 Å². The van der Waals surface area contributed by atoms with Crippen molar-refractivity contribution in [3.05, 3.63) is 203 Å². The number of thiazole rings is 5. The van der Waals surface area contributed by atoms with Gasteiger partial charge in [-0.1, -0.05) is 140 Å². The van der Waals surface area contributed by atoms with Gasteiger partial charge in [0.15, 0.2) is 3.92 Å². The second-order valence-corrected chi connectivity index (χ2v) is 41.3. The van der Waals surface area contributed by atoms with Gasteiger partial charge in [-0.05, 0) is 198 Å². The number of aromatic nitrogens is 5. The van der Waals surface area contributed by atoms with Crippen LogP contribution in [0.2, 0.25) is 0 Å². The summed E-state index contributed by atoms with van der Waals surface area (Å²) in [6.07, 6.45) is 0. The number of nitrogens with zero attached hydrogens (tertiary/aromatic N) is 5. The fraction of sp³-hybridized carbons (Fsp3) is 0.400. The Morgan fingerprint density at radius 3 is 0.906 bits per heavy atom. The van der Waals surface area contributed by atoms with E-state index in [1.807, 2.05) is 98.7 Å². The topological polar surface area (TPSA) is 315 Å². The summed E-state index contributed by atoms with van der Waals surface area (Å²) in [4.78, 5) is 88.0. The largest absolute Gasteiger partial charge is 1.00 e. The number of aromatic carboxylic acids is 3. The molecule has 0 unspecified atom stereocenters. The molecule has 1 fully saturated rings. The number of rotatable bonds is 10. The number of ether oxygens (including phenoxy) is 2. The molecule has 1 aliphatic rings. The van der Waals surface area contributed by atoms with Gasteiger partial charge in [-0.25, -0.2) is 48.9 Å². The van der Waals surface area contributed by atoms with Crippen LogP contribution in [0.4, 0.5) is 0 Å². The second-order valence-electron chi connectivity index (χ2n) is 32.8. The van der Waals surface area contributed by atoms with E-state index in [9.17, 15) is 24.0 Å². The summed E-state index contributed by atoms with van der Waals surface area (Å²) in [6.45, 7) is 50.9. The van der Waals surface area contributed by atoms with Gasteiger partial charge in [0.1, 0.15) is 20.0 Å². The number of carbonyl (C=O) groups excluding carboxylic acids is 2. The maximum Gasteiger partial charge on any atom is 1.00 e.